The topological polar surface area (TPSA) is 105 Å². The van der Waals surface area contributed by atoms with Gasteiger partial charge in [0, 0.05) is 31.2 Å². The molecule has 0 spiro atoms. The van der Waals surface area contributed by atoms with Crippen molar-refractivity contribution in [3.8, 4) is 5.75 Å². The number of nitrogens with one attached hydrogen (secondary N) is 1. The lowest BCUT2D eigenvalue weighted by Crippen LogP contribution is -2.48. The van der Waals surface area contributed by atoms with Gasteiger partial charge in [0.15, 0.2) is 0 Å². The molecule has 0 aliphatic heterocycles. The first-order chi connectivity index (χ1) is 12.5. The van der Waals surface area contributed by atoms with Crippen molar-refractivity contribution >= 4 is 23.4 Å². The third kappa shape index (κ3) is 8.44. The van der Waals surface area contributed by atoms with Crippen molar-refractivity contribution in [2.45, 2.75) is 32.7 Å². The molecule has 3 N–H and O–H groups in total. The van der Waals surface area contributed by atoms with Crippen LogP contribution in [-0.2, 0) is 14.4 Å². The number of likely N-dealkylation sites (N-methyl/N-ethyl adjacent to an activating group) is 1. The summed E-state index contributed by atoms with van der Waals surface area (Å²) in [6.07, 6.45) is 0.119. The number of hydrogen-bond donors (Lipinski definition) is 2. The van der Waals surface area contributed by atoms with E-state index >= 15 is 0 Å². The highest BCUT2D eigenvalue weighted by Crippen LogP contribution is 2.19. The van der Waals surface area contributed by atoms with E-state index in [4.69, 9.17) is 10.5 Å². The van der Waals surface area contributed by atoms with E-state index < -0.39 is 5.91 Å². The zero-order valence-corrected chi connectivity index (χ0v) is 16.7. The van der Waals surface area contributed by atoms with Gasteiger partial charge in [0.2, 0.25) is 17.7 Å². The number of carbonyl (C=O) groups is 3. The Labute approximate surface area is 160 Å². The first kappa shape index (κ1) is 22.3. The van der Waals surface area contributed by atoms with Gasteiger partial charge < -0.3 is 25.6 Å². The maximum atomic E-state index is 12.6. The first-order valence-electron chi connectivity index (χ1n) is 8.74. The summed E-state index contributed by atoms with van der Waals surface area (Å²) in [7, 11) is 3.14. The second-order valence-electron chi connectivity index (χ2n) is 7.38. The predicted octanol–water partition coefficient (Wildman–Crippen LogP) is 0.750. The molecule has 0 unspecified atom stereocenters. The normalized spacial score (nSPS) is 10.9. The van der Waals surface area contributed by atoms with E-state index in [-0.39, 0.29) is 36.9 Å². The fraction of sp³-hybridized carbons (Fsp3) is 0.526. The molecular weight excluding hydrogens is 348 g/mol. The number of methoxy groups -OCH3 is 1. The van der Waals surface area contributed by atoms with Crippen LogP contribution in [-0.4, -0.2) is 62.0 Å². The Hall–Kier alpha value is -2.77. The molecule has 0 fully saturated rings. The second kappa shape index (κ2) is 9.80. The highest BCUT2D eigenvalue weighted by molar-refractivity contribution is 5.87. The number of amides is 3. The Morgan fingerprint density at radius 3 is 2.19 bits per heavy atom. The summed E-state index contributed by atoms with van der Waals surface area (Å²) in [6, 6.07) is 7.16. The van der Waals surface area contributed by atoms with Gasteiger partial charge in [-0.1, -0.05) is 0 Å². The van der Waals surface area contributed by atoms with Crippen molar-refractivity contribution < 1.29 is 19.1 Å². The number of rotatable bonds is 9. The third-order valence-corrected chi connectivity index (χ3v) is 3.71. The van der Waals surface area contributed by atoms with E-state index in [1.54, 1.807) is 43.3 Å². The summed E-state index contributed by atoms with van der Waals surface area (Å²) in [6.45, 7) is 5.92. The van der Waals surface area contributed by atoms with Gasteiger partial charge in [-0.05, 0) is 45.0 Å². The van der Waals surface area contributed by atoms with E-state index in [1.807, 2.05) is 20.8 Å². The zero-order chi connectivity index (χ0) is 20.6. The molecule has 0 atom stereocenters. The minimum Gasteiger partial charge on any atom is -0.497 e. The second-order valence-corrected chi connectivity index (χ2v) is 7.38. The quantitative estimate of drug-likeness (QED) is 0.660. The fourth-order valence-corrected chi connectivity index (χ4v) is 2.38. The van der Waals surface area contributed by atoms with E-state index in [1.165, 1.54) is 4.90 Å². The first-order valence-corrected chi connectivity index (χ1v) is 8.74. The average Bonchev–Trinajstić information content (AvgIpc) is 2.56. The highest BCUT2D eigenvalue weighted by Gasteiger charge is 2.20. The van der Waals surface area contributed by atoms with E-state index in [9.17, 15) is 14.4 Å². The van der Waals surface area contributed by atoms with Gasteiger partial charge in [-0.2, -0.15) is 0 Å². The summed E-state index contributed by atoms with van der Waals surface area (Å²) >= 11 is 0. The molecule has 150 valence electrons. The minimum absolute atomic E-state index is 0.0267. The van der Waals surface area contributed by atoms with Crippen molar-refractivity contribution in [2.75, 3.05) is 38.7 Å². The number of nitrogens with two attached hydrogens (primary N) is 1. The molecular formula is C19H30N4O4. The molecule has 8 heteroatoms. The fourth-order valence-electron chi connectivity index (χ4n) is 2.38. The Morgan fingerprint density at radius 1 is 1.11 bits per heavy atom. The molecule has 0 heterocycles. The van der Waals surface area contributed by atoms with Crippen LogP contribution in [0.2, 0.25) is 0 Å². The molecule has 0 saturated carbocycles. The van der Waals surface area contributed by atoms with E-state index in [2.05, 4.69) is 5.32 Å². The van der Waals surface area contributed by atoms with Crippen molar-refractivity contribution in [1.29, 1.82) is 0 Å². The van der Waals surface area contributed by atoms with Crippen molar-refractivity contribution in [1.82, 2.24) is 10.2 Å². The van der Waals surface area contributed by atoms with Crippen LogP contribution < -0.4 is 20.7 Å². The third-order valence-electron chi connectivity index (χ3n) is 3.71. The molecule has 0 aromatic heterocycles. The summed E-state index contributed by atoms with van der Waals surface area (Å²) in [5.41, 5.74) is 5.64. The van der Waals surface area contributed by atoms with Crippen LogP contribution in [0.15, 0.2) is 24.3 Å². The van der Waals surface area contributed by atoms with Crippen molar-refractivity contribution in [2.24, 2.45) is 5.73 Å². The number of primary amides is 1. The van der Waals surface area contributed by atoms with Crippen LogP contribution >= 0.6 is 0 Å². The molecule has 1 rings (SSSR count). The molecule has 1 aromatic rings. The SMILES string of the molecule is COc1ccc(N(CCC(N)=O)CC(=O)N(C)CC(=O)NC(C)(C)C)cc1. The van der Waals surface area contributed by atoms with Crippen LogP contribution in [0.4, 0.5) is 5.69 Å². The lowest BCUT2D eigenvalue weighted by molar-refractivity contribution is -0.134. The molecule has 0 aliphatic carbocycles. The Morgan fingerprint density at radius 2 is 1.70 bits per heavy atom. The highest BCUT2D eigenvalue weighted by atomic mass is 16.5. The summed E-state index contributed by atoms with van der Waals surface area (Å²) in [5.74, 6) is -0.222. The Bertz CT molecular complexity index is 653. The molecule has 0 aliphatic rings. The van der Waals surface area contributed by atoms with Crippen LogP contribution in [0.25, 0.3) is 0 Å². The Kier molecular flexibility index (Phi) is 8.08. The Balaban J connectivity index is 2.79. The molecule has 3 amide bonds. The number of nitrogens with zero attached hydrogens (tertiary/aromatic N) is 2. The van der Waals surface area contributed by atoms with Crippen LogP contribution in [0.5, 0.6) is 5.75 Å². The zero-order valence-electron chi connectivity index (χ0n) is 16.7. The smallest absolute Gasteiger partial charge is 0.242 e. The van der Waals surface area contributed by atoms with E-state index in [0.29, 0.717) is 12.3 Å². The van der Waals surface area contributed by atoms with Crippen LogP contribution in [0, 0.1) is 0 Å². The number of ether oxygens (including phenoxy) is 1. The minimum atomic E-state index is -0.445. The van der Waals surface area contributed by atoms with Crippen LogP contribution in [0.1, 0.15) is 27.2 Å². The molecule has 0 saturated heterocycles. The van der Waals surface area contributed by atoms with Gasteiger partial charge in [0.25, 0.3) is 0 Å². The van der Waals surface area contributed by atoms with Gasteiger partial charge in [-0.3, -0.25) is 14.4 Å². The van der Waals surface area contributed by atoms with Gasteiger partial charge >= 0.3 is 0 Å². The predicted molar refractivity (Wildman–Crippen MR) is 105 cm³/mol. The van der Waals surface area contributed by atoms with E-state index in [0.717, 1.165) is 5.69 Å². The number of anilines is 1. The number of hydrogen-bond acceptors (Lipinski definition) is 5. The van der Waals surface area contributed by atoms with Crippen LogP contribution in [0.3, 0.4) is 0 Å². The molecule has 27 heavy (non-hydrogen) atoms. The summed E-state index contributed by atoms with van der Waals surface area (Å²) in [5, 5.41) is 2.82. The maximum absolute atomic E-state index is 12.6. The average molecular weight is 378 g/mol. The molecule has 0 radical (unpaired) electrons. The standard InChI is InChI=1S/C19H30N4O4/c1-19(2,3)21-17(25)12-22(4)18(26)13-23(11-10-16(20)24)14-6-8-15(27-5)9-7-14/h6-9H,10-13H2,1-5H3,(H2,20,24)(H,21,25). The molecule has 0 bridgehead atoms. The monoisotopic (exact) mass is 378 g/mol. The van der Waals surface area contributed by atoms with Gasteiger partial charge in [0.05, 0.1) is 20.2 Å². The maximum Gasteiger partial charge on any atom is 0.242 e. The number of carbonyl (C=O) groups excluding carboxylic acids is 3. The largest absolute Gasteiger partial charge is 0.497 e. The van der Waals surface area contributed by atoms with Gasteiger partial charge in [-0.15, -0.1) is 0 Å². The van der Waals surface area contributed by atoms with Crippen molar-refractivity contribution in [3.05, 3.63) is 24.3 Å². The molecule has 1 aromatic carbocycles. The lowest BCUT2D eigenvalue weighted by atomic mass is 10.1. The molecule has 8 nitrogen and oxygen atoms in total. The summed E-state index contributed by atoms with van der Waals surface area (Å²) in [4.78, 5) is 38.9. The van der Waals surface area contributed by atoms with Crippen molar-refractivity contribution in [3.63, 3.8) is 0 Å². The van der Waals surface area contributed by atoms with Gasteiger partial charge in [0.1, 0.15) is 5.75 Å². The van der Waals surface area contributed by atoms with Gasteiger partial charge in [-0.25, -0.2) is 0 Å². The number of benzene rings is 1. The lowest BCUT2D eigenvalue weighted by Gasteiger charge is -2.27. The summed E-state index contributed by atoms with van der Waals surface area (Å²) < 4.78 is 5.14.